The summed E-state index contributed by atoms with van der Waals surface area (Å²) in [5.74, 6) is -1.94. The van der Waals surface area contributed by atoms with Crippen molar-refractivity contribution in [1.29, 1.82) is 0 Å². The van der Waals surface area contributed by atoms with Crippen molar-refractivity contribution in [2.75, 3.05) is 0 Å². The average Bonchev–Trinajstić information content (AvgIpc) is 3.20. The lowest BCUT2D eigenvalue weighted by Gasteiger charge is -2.14. The summed E-state index contributed by atoms with van der Waals surface area (Å²) in [6.45, 7) is 7.17. The van der Waals surface area contributed by atoms with Gasteiger partial charge in [0.2, 0.25) is 12.2 Å². The Morgan fingerprint density at radius 3 is 1.26 bits per heavy atom. The molecule has 0 aromatic heterocycles. The van der Waals surface area contributed by atoms with Crippen LogP contribution in [0.4, 0.5) is 0 Å². The summed E-state index contributed by atoms with van der Waals surface area (Å²) in [4.78, 5) is 46.4. The van der Waals surface area contributed by atoms with Gasteiger partial charge < -0.3 is 18.9 Å². The summed E-state index contributed by atoms with van der Waals surface area (Å²) in [5, 5.41) is 0. The van der Waals surface area contributed by atoms with E-state index in [9.17, 15) is 19.2 Å². The van der Waals surface area contributed by atoms with Gasteiger partial charge in [-0.3, -0.25) is 0 Å². The molecule has 2 aliphatic heterocycles. The molecular formula is C26H28O8. The van der Waals surface area contributed by atoms with Gasteiger partial charge in [-0.05, 0) is 52.0 Å². The third-order valence-corrected chi connectivity index (χ3v) is 5.15. The molecule has 180 valence electrons. The lowest BCUT2D eigenvalue weighted by atomic mass is 10.0. The monoisotopic (exact) mass is 468 g/mol. The van der Waals surface area contributed by atoms with Gasteiger partial charge in [0.25, 0.3) is 0 Å². The van der Waals surface area contributed by atoms with E-state index in [0.717, 1.165) is 0 Å². The first kappa shape index (κ1) is 25.0. The maximum atomic E-state index is 11.7. The lowest BCUT2D eigenvalue weighted by Crippen LogP contribution is -2.23. The van der Waals surface area contributed by atoms with E-state index in [-0.39, 0.29) is 0 Å². The summed E-state index contributed by atoms with van der Waals surface area (Å²) >= 11 is 0. The van der Waals surface area contributed by atoms with Gasteiger partial charge in [-0.15, -0.1) is 0 Å². The minimum Gasteiger partial charge on any atom is -0.457 e. The summed E-state index contributed by atoms with van der Waals surface area (Å²) < 4.78 is 20.4. The predicted octanol–water partition coefficient (Wildman–Crippen LogP) is 3.88. The molecule has 0 aliphatic carbocycles. The van der Waals surface area contributed by atoms with Gasteiger partial charge in [-0.2, -0.15) is 0 Å². The van der Waals surface area contributed by atoms with Crippen LogP contribution in [-0.4, -0.2) is 47.3 Å². The van der Waals surface area contributed by atoms with Crippen LogP contribution < -0.4 is 0 Å². The summed E-state index contributed by atoms with van der Waals surface area (Å²) in [6, 6.07) is 17.2. The number of carbonyl (C=O) groups excluding carboxylic acids is 4. The predicted molar refractivity (Wildman–Crippen MR) is 121 cm³/mol. The third kappa shape index (κ3) is 6.66. The Labute approximate surface area is 198 Å². The molecular weight excluding hydrogens is 440 g/mol. The Balaban J connectivity index is 0.000000191. The van der Waals surface area contributed by atoms with E-state index < -0.39 is 47.3 Å². The molecule has 34 heavy (non-hydrogen) atoms. The van der Waals surface area contributed by atoms with E-state index in [4.69, 9.17) is 18.9 Å². The van der Waals surface area contributed by atoms with Crippen LogP contribution in [0.5, 0.6) is 0 Å². The minimum atomic E-state index is -0.794. The molecule has 0 saturated carbocycles. The highest BCUT2D eigenvalue weighted by atomic mass is 16.6. The maximum absolute atomic E-state index is 11.7. The smallest absolute Gasteiger partial charge is 0.348 e. The molecule has 2 heterocycles. The van der Waals surface area contributed by atoms with Gasteiger partial charge in [-0.25, -0.2) is 19.2 Å². The molecule has 0 spiro atoms. The normalized spacial score (nSPS) is 22.0. The number of ether oxygens (including phenoxy) is 4. The highest BCUT2D eigenvalue weighted by Gasteiger charge is 2.43. The summed E-state index contributed by atoms with van der Waals surface area (Å²) in [7, 11) is 0. The molecule has 0 amide bonds. The molecule has 2 aliphatic rings. The van der Waals surface area contributed by atoms with Gasteiger partial charge in [-0.1, -0.05) is 36.4 Å². The van der Waals surface area contributed by atoms with Crippen LogP contribution in [0.15, 0.2) is 60.7 Å². The van der Waals surface area contributed by atoms with Crippen molar-refractivity contribution in [2.45, 2.75) is 63.9 Å². The van der Waals surface area contributed by atoms with Crippen molar-refractivity contribution in [3.63, 3.8) is 0 Å². The zero-order valence-corrected chi connectivity index (χ0v) is 19.6. The van der Waals surface area contributed by atoms with E-state index in [2.05, 4.69) is 0 Å². The number of hydrogen-bond donors (Lipinski definition) is 0. The summed E-state index contributed by atoms with van der Waals surface area (Å²) in [6.07, 6.45) is -0.801. The van der Waals surface area contributed by atoms with E-state index in [1.807, 2.05) is 12.1 Å². The molecule has 0 radical (unpaired) electrons. The van der Waals surface area contributed by atoms with Crippen molar-refractivity contribution in [1.82, 2.24) is 0 Å². The first-order valence-electron chi connectivity index (χ1n) is 10.9. The molecule has 0 unspecified atom stereocenters. The highest BCUT2D eigenvalue weighted by molar-refractivity contribution is 5.92. The number of rotatable bonds is 4. The Hall–Kier alpha value is -3.68. The van der Waals surface area contributed by atoms with E-state index >= 15 is 0 Å². The van der Waals surface area contributed by atoms with Gasteiger partial charge in [0.05, 0.1) is 11.1 Å². The van der Waals surface area contributed by atoms with E-state index in [1.165, 1.54) is 0 Å². The Morgan fingerprint density at radius 2 is 1.00 bits per heavy atom. The van der Waals surface area contributed by atoms with Crippen LogP contribution in [0.3, 0.4) is 0 Å². The Kier molecular flexibility index (Phi) is 7.39. The fourth-order valence-corrected chi connectivity index (χ4v) is 3.54. The first-order chi connectivity index (χ1) is 16.0. The van der Waals surface area contributed by atoms with Crippen LogP contribution in [0.25, 0.3) is 0 Å². The fraction of sp³-hybridized carbons (Fsp3) is 0.385. The van der Waals surface area contributed by atoms with Crippen molar-refractivity contribution in [3.05, 3.63) is 71.8 Å². The molecule has 2 atom stereocenters. The van der Waals surface area contributed by atoms with Crippen LogP contribution in [-0.2, 0) is 28.5 Å². The highest BCUT2D eigenvalue weighted by Crippen LogP contribution is 2.29. The first-order valence-corrected chi connectivity index (χ1v) is 10.9. The number of cyclic esters (lactones) is 2. The van der Waals surface area contributed by atoms with Crippen molar-refractivity contribution >= 4 is 23.9 Å². The standard InChI is InChI=1S/2C13H14O4/c2*1-13(2)8-10(12(15)17-13)16-11(14)9-6-4-3-5-7-9/h2*3-7,10H,8H2,1-2H3/t2*10-/m10/s1. The minimum absolute atomic E-state index is 0.393. The Bertz CT molecular complexity index is 957. The zero-order chi connectivity index (χ0) is 24.9. The molecule has 2 aromatic carbocycles. The average molecular weight is 469 g/mol. The quantitative estimate of drug-likeness (QED) is 0.492. The second kappa shape index (κ2) is 10.1. The maximum Gasteiger partial charge on any atom is 0.348 e. The van der Waals surface area contributed by atoms with Crippen LogP contribution in [0.2, 0.25) is 0 Å². The molecule has 2 saturated heterocycles. The SMILES string of the molecule is CC1(C)C[C@@H](OC(=O)c2ccccc2)C(=O)O1.CC1(C)C[C@H](OC(=O)c2ccccc2)C(=O)O1. The van der Waals surface area contributed by atoms with Crippen molar-refractivity contribution < 1.29 is 38.1 Å². The second-order valence-electron chi connectivity index (χ2n) is 9.29. The summed E-state index contributed by atoms with van der Waals surface area (Å²) in [5.41, 5.74) is -0.243. The van der Waals surface area contributed by atoms with Crippen LogP contribution >= 0.6 is 0 Å². The van der Waals surface area contributed by atoms with Crippen molar-refractivity contribution in [2.24, 2.45) is 0 Å². The van der Waals surface area contributed by atoms with Gasteiger partial charge in [0, 0.05) is 12.8 Å². The van der Waals surface area contributed by atoms with Gasteiger partial charge >= 0.3 is 23.9 Å². The molecule has 2 fully saturated rings. The number of esters is 4. The lowest BCUT2D eigenvalue weighted by molar-refractivity contribution is -0.152. The second-order valence-corrected chi connectivity index (χ2v) is 9.29. The van der Waals surface area contributed by atoms with E-state index in [1.54, 1.807) is 76.2 Å². The molecule has 8 heteroatoms. The topological polar surface area (TPSA) is 105 Å². The van der Waals surface area contributed by atoms with Crippen molar-refractivity contribution in [3.8, 4) is 0 Å². The largest absolute Gasteiger partial charge is 0.457 e. The molecule has 0 bridgehead atoms. The van der Waals surface area contributed by atoms with Crippen LogP contribution in [0, 0.1) is 0 Å². The third-order valence-electron chi connectivity index (χ3n) is 5.15. The molecule has 4 rings (SSSR count). The zero-order valence-electron chi connectivity index (χ0n) is 19.6. The van der Waals surface area contributed by atoms with Gasteiger partial charge in [0.1, 0.15) is 11.2 Å². The molecule has 0 N–H and O–H groups in total. The van der Waals surface area contributed by atoms with Gasteiger partial charge in [0.15, 0.2) is 0 Å². The molecule has 8 nitrogen and oxygen atoms in total. The Morgan fingerprint density at radius 1 is 0.676 bits per heavy atom. The van der Waals surface area contributed by atoms with E-state index in [0.29, 0.717) is 24.0 Å². The number of hydrogen-bond acceptors (Lipinski definition) is 8. The van der Waals surface area contributed by atoms with Crippen LogP contribution in [0.1, 0.15) is 61.3 Å². The fourth-order valence-electron chi connectivity index (χ4n) is 3.54. The number of carbonyl (C=O) groups is 4. The number of benzene rings is 2. The molecule has 2 aromatic rings.